The molecule has 2 aromatic rings. The minimum atomic E-state index is -0.800. The number of nitrogens with one attached hydrogen (secondary N) is 1. The first-order chi connectivity index (χ1) is 11.4. The molecule has 24 heavy (non-hydrogen) atoms. The maximum absolute atomic E-state index is 13.3. The average molecular weight is 327 g/mol. The van der Waals surface area contributed by atoms with E-state index in [0.29, 0.717) is 6.42 Å². The molecule has 2 heteroatoms. The van der Waals surface area contributed by atoms with Crippen molar-refractivity contribution in [3.8, 4) is 0 Å². The van der Waals surface area contributed by atoms with Gasteiger partial charge in [0.05, 0.1) is 0 Å². The molecule has 0 saturated heterocycles. The van der Waals surface area contributed by atoms with Gasteiger partial charge in [0.25, 0.3) is 0 Å². The molecule has 0 radical (unpaired) electrons. The largest absolute Gasteiger partial charge is 0.312 e. The van der Waals surface area contributed by atoms with Crippen LogP contribution in [-0.4, -0.2) is 12.7 Å². The fourth-order valence-corrected chi connectivity index (χ4v) is 2.88. The normalized spacial score (nSPS) is 13.0. The van der Waals surface area contributed by atoms with Gasteiger partial charge in [-0.15, -0.1) is 0 Å². The van der Waals surface area contributed by atoms with Crippen LogP contribution in [0.1, 0.15) is 49.9 Å². The zero-order valence-corrected chi connectivity index (χ0v) is 15.4. The third-order valence-electron chi connectivity index (χ3n) is 4.32. The number of hydrogen-bond donors (Lipinski definition) is 1. The average Bonchev–Trinajstić information content (AvgIpc) is 2.52. The Morgan fingerprint density at radius 3 is 2.38 bits per heavy atom. The van der Waals surface area contributed by atoms with Gasteiger partial charge in [0.15, 0.2) is 0 Å². The molecular weight excluding hydrogens is 297 g/mol. The van der Waals surface area contributed by atoms with Gasteiger partial charge in [-0.1, -0.05) is 69.3 Å². The highest BCUT2D eigenvalue weighted by atomic mass is 19.1. The lowest BCUT2D eigenvalue weighted by atomic mass is 9.86. The van der Waals surface area contributed by atoms with Crippen molar-refractivity contribution in [3.63, 3.8) is 0 Å². The Balaban J connectivity index is 1.88. The van der Waals surface area contributed by atoms with Crippen LogP contribution in [0.4, 0.5) is 4.39 Å². The molecule has 1 N–H and O–H groups in total. The Morgan fingerprint density at radius 1 is 1.00 bits per heavy atom. The molecule has 1 unspecified atom stereocenters. The maximum atomic E-state index is 13.3. The van der Waals surface area contributed by atoms with E-state index in [2.05, 4.69) is 56.4 Å². The molecule has 0 aliphatic heterocycles. The lowest BCUT2D eigenvalue weighted by Crippen LogP contribution is -2.18. The number of halogens is 1. The van der Waals surface area contributed by atoms with E-state index in [1.165, 1.54) is 16.7 Å². The summed E-state index contributed by atoms with van der Waals surface area (Å²) in [7, 11) is 0. The minimum absolute atomic E-state index is 0.186. The SMILES string of the molecule is CC(F)Cc1ccccc1CNCCc1cccc(C(C)(C)C)c1. The van der Waals surface area contributed by atoms with Crippen LogP contribution in [0, 0.1) is 0 Å². The van der Waals surface area contributed by atoms with Gasteiger partial charge in [-0.2, -0.15) is 0 Å². The second-order valence-electron chi connectivity index (χ2n) is 7.63. The fraction of sp³-hybridized carbons (Fsp3) is 0.455. The second-order valence-corrected chi connectivity index (χ2v) is 7.63. The van der Waals surface area contributed by atoms with Gasteiger partial charge in [0, 0.05) is 13.0 Å². The van der Waals surface area contributed by atoms with E-state index < -0.39 is 6.17 Å². The summed E-state index contributed by atoms with van der Waals surface area (Å²) in [5, 5.41) is 3.50. The van der Waals surface area contributed by atoms with E-state index in [-0.39, 0.29) is 5.41 Å². The molecule has 0 bridgehead atoms. The summed E-state index contributed by atoms with van der Waals surface area (Å²) in [6.07, 6.45) is 0.697. The lowest BCUT2D eigenvalue weighted by Gasteiger charge is -2.19. The van der Waals surface area contributed by atoms with Gasteiger partial charge >= 0.3 is 0 Å². The standard InChI is InChI=1S/C22H30FN/c1-17(23)14-19-9-5-6-10-20(19)16-24-13-12-18-8-7-11-21(15-18)22(2,3)4/h5-11,15,17,24H,12-14,16H2,1-4H3. The number of alkyl halides is 1. The number of hydrogen-bond acceptors (Lipinski definition) is 1. The maximum Gasteiger partial charge on any atom is 0.101 e. The Bertz CT molecular complexity index is 640. The fourth-order valence-electron chi connectivity index (χ4n) is 2.88. The molecule has 2 aromatic carbocycles. The Hall–Kier alpha value is -1.67. The summed E-state index contributed by atoms with van der Waals surface area (Å²) in [6, 6.07) is 17.0. The highest BCUT2D eigenvalue weighted by Crippen LogP contribution is 2.22. The quantitative estimate of drug-likeness (QED) is 0.688. The minimum Gasteiger partial charge on any atom is -0.312 e. The van der Waals surface area contributed by atoms with Gasteiger partial charge in [0.2, 0.25) is 0 Å². The first-order valence-corrected chi connectivity index (χ1v) is 8.87. The van der Waals surface area contributed by atoms with Crippen molar-refractivity contribution >= 4 is 0 Å². The van der Waals surface area contributed by atoms with E-state index in [4.69, 9.17) is 0 Å². The zero-order valence-electron chi connectivity index (χ0n) is 15.4. The molecule has 0 aromatic heterocycles. The van der Waals surface area contributed by atoms with Crippen molar-refractivity contribution in [2.24, 2.45) is 0 Å². The van der Waals surface area contributed by atoms with Crippen LogP contribution in [0.2, 0.25) is 0 Å². The summed E-state index contributed by atoms with van der Waals surface area (Å²) >= 11 is 0. The molecule has 0 heterocycles. The van der Waals surface area contributed by atoms with E-state index in [9.17, 15) is 4.39 Å². The second kappa shape index (κ2) is 8.43. The molecule has 0 aliphatic rings. The molecule has 0 saturated carbocycles. The first-order valence-electron chi connectivity index (χ1n) is 8.87. The lowest BCUT2D eigenvalue weighted by molar-refractivity contribution is 0.359. The molecule has 130 valence electrons. The number of benzene rings is 2. The summed E-state index contributed by atoms with van der Waals surface area (Å²) in [5.41, 5.74) is 5.23. The van der Waals surface area contributed by atoms with Crippen LogP contribution in [0.15, 0.2) is 48.5 Å². The Kier molecular flexibility index (Phi) is 6.56. The molecule has 0 spiro atoms. The molecule has 0 aliphatic carbocycles. The smallest absolute Gasteiger partial charge is 0.101 e. The molecule has 1 atom stereocenters. The first kappa shape index (κ1) is 18.7. The predicted octanol–water partition coefficient (Wildman–Crippen LogP) is 5.22. The van der Waals surface area contributed by atoms with Crippen molar-refractivity contribution < 1.29 is 4.39 Å². The highest BCUT2D eigenvalue weighted by Gasteiger charge is 2.13. The summed E-state index contributed by atoms with van der Waals surface area (Å²) < 4.78 is 13.3. The Labute approximate surface area is 146 Å². The van der Waals surface area contributed by atoms with Crippen LogP contribution in [0.3, 0.4) is 0 Å². The zero-order chi connectivity index (χ0) is 17.6. The third kappa shape index (κ3) is 5.76. The van der Waals surface area contributed by atoms with E-state index in [0.717, 1.165) is 25.1 Å². The monoisotopic (exact) mass is 327 g/mol. The summed E-state index contributed by atoms with van der Waals surface area (Å²) in [6.45, 7) is 10.1. The van der Waals surface area contributed by atoms with Crippen LogP contribution >= 0.6 is 0 Å². The van der Waals surface area contributed by atoms with Crippen molar-refractivity contribution in [1.82, 2.24) is 5.32 Å². The van der Waals surface area contributed by atoms with Crippen molar-refractivity contribution in [1.29, 1.82) is 0 Å². The van der Waals surface area contributed by atoms with Gasteiger partial charge in [-0.3, -0.25) is 0 Å². The van der Waals surface area contributed by atoms with Crippen molar-refractivity contribution in [2.75, 3.05) is 6.54 Å². The van der Waals surface area contributed by atoms with E-state index >= 15 is 0 Å². The molecule has 0 amide bonds. The van der Waals surface area contributed by atoms with Crippen LogP contribution in [0.25, 0.3) is 0 Å². The van der Waals surface area contributed by atoms with E-state index in [1.807, 2.05) is 18.2 Å². The molecule has 1 nitrogen and oxygen atoms in total. The highest BCUT2D eigenvalue weighted by molar-refractivity contribution is 5.29. The van der Waals surface area contributed by atoms with Crippen LogP contribution in [0.5, 0.6) is 0 Å². The van der Waals surface area contributed by atoms with Crippen molar-refractivity contribution in [3.05, 3.63) is 70.8 Å². The summed E-state index contributed by atoms with van der Waals surface area (Å²) in [5.74, 6) is 0. The van der Waals surface area contributed by atoms with Crippen LogP contribution < -0.4 is 5.32 Å². The van der Waals surface area contributed by atoms with E-state index in [1.54, 1.807) is 6.92 Å². The topological polar surface area (TPSA) is 12.0 Å². The molecular formula is C22H30FN. The van der Waals surface area contributed by atoms with Gasteiger partial charge in [-0.05, 0) is 47.6 Å². The third-order valence-corrected chi connectivity index (χ3v) is 4.32. The van der Waals surface area contributed by atoms with Gasteiger partial charge in [-0.25, -0.2) is 4.39 Å². The molecule has 2 rings (SSSR count). The van der Waals surface area contributed by atoms with Gasteiger partial charge < -0.3 is 5.32 Å². The van der Waals surface area contributed by atoms with Gasteiger partial charge in [0.1, 0.15) is 6.17 Å². The number of rotatable bonds is 7. The van der Waals surface area contributed by atoms with Crippen LogP contribution in [-0.2, 0) is 24.8 Å². The summed E-state index contributed by atoms with van der Waals surface area (Å²) in [4.78, 5) is 0. The predicted molar refractivity (Wildman–Crippen MR) is 101 cm³/mol. The van der Waals surface area contributed by atoms with Crippen molar-refractivity contribution in [2.45, 2.75) is 58.7 Å². The molecule has 0 fully saturated rings. The Morgan fingerprint density at radius 2 is 1.71 bits per heavy atom.